The highest BCUT2D eigenvalue weighted by Crippen LogP contribution is 2.19. The minimum absolute atomic E-state index is 0.381. The topological polar surface area (TPSA) is 24.9 Å². The summed E-state index contributed by atoms with van der Waals surface area (Å²) >= 11 is 7.69. The smallest absolute Gasteiger partial charge is 0.131 e. The first-order valence-corrected chi connectivity index (χ1v) is 6.76. The summed E-state index contributed by atoms with van der Waals surface area (Å²) in [6.45, 7) is 4.30. The maximum absolute atomic E-state index is 5.84. The van der Waals surface area contributed by atoms with Gasteiger partial charge in [0.1, 0.15) is 5.15 Å². The molecular formula is C13H15ClN2S. The van der Waals surface area contributed by atoms with Crippen molar-refractivity contribution in [2.45, 2.75) is 26.3 Å². The Morgan fingerprint density at radius 2 is 2.24 bits per heavy atom. The summed E-state index contributed by atoms with van der Waals surface area (Å²) in [4.78, 5) is 6.73. The second kappa shape index (κ2) is 5.52. The predicted molar refractivity (Wildman–Crippen MR) is 75.1 cm³/mol. The molecule has 0 aliphatic heterocycles. The average Bonchev–Trinajstić information content (AvgIpc) is 2.63. The number of rotatable bonds is 4. The van der Waals surface area contributed by atoms with E-state index in [0.29, 0.717) is 11.2 Å². The molecule has 2 aromatic heterocycles. The molecule has 17 heavy (non-hydrogen) atoms. The van der Waals surface area contributed by atoms with Crippen molar-refractivity contribution in [1.29, 1.82) is 0 Å². The van der Waals surface area contributed by atoms with Crippen LogP contribution in [-0.2, 0) is 6.42 Å². The van der Waals surface area contributed by atoms with Gasteiger partial charge in [0.15, 0.2) is 0 Å². The minimum Gasteiger partial charge on any atom is -0.382 e. The van der Waals surface area contributed by atoms with Crippen LogP contribution in [0.5, 0.6) is 0 Å². The Bertz CT molecular complexity index is 496. The van der Waals surface area contributed by atoms with Gasteiger partial charge in [0.25, 0.3) is 0 Å². The highest BCUT2D eigenvalue weighted by molar-refractivity contribution is 7.11. The van der Waals surface area contributed by atoms with Crippen molar-refractivity contribution in [1.82, 2.24) is 4.98 Å². The number of hydrogen-bond acceptors (Lipinski definition) is 3. The summed E-state index contributed by atoms with van der Waals surface area (Å²) in [7, 11) is 0. The van der Waals surface area contributed by atoms with Gasteiger partial charge in [-0.3, -0.25) is 0 Å². The molecule has 0 aliphatic carbocycles. The van der Waals surface area contributed by atoms with E-state index in [0.717, 1.165) is 12.1 Å². The van der Waals surface area contributed by atoms with Crippen molar-refractivity contribution in [2.24, 2.45) is 0 Å². The fraction of sp³-hybridized carbons (Fsp3) is 0.308. The number of aromatic nitrogens is 1. The lowest BCUT2D eigenvalue weighted by atomic mass is 10.2. The predicted octanol–water partition coefficient (Wildman–Crippen LogP) is 4.15. The van der Waals surface area contributed by atoms with Crippen molar-refractivity contribution in [3.63, 3.8) is 0 Å². The summed E-state index contributed by atoms with van der Waals surface area (Å²) in [6.07, 6.45) is 2.74. The average molecular weight is 267 g/mol. The molecule has 0 radical (unpaired) electrons. The van der Waals surface area contributed by atoms with Gasteiger partial charge < -0.3 is 5.32 Å². The second-order valence-corrected chi connectivity index (χ2v) is 5.89. The molecule has 4 heteroatoms. The van der Waals surface area contributed by atoms with Crippen LogP contribution >= 0.6 is 22.9 Å². The van der Waals surface area contributed by atoms with Gasteiger partial charge in [0.05, 0.1) is 0 Å². The summed E-state index contributed by atoms with van der Waals surface area (Å²) in [5.41, 5.74) is 1.02. The normalized spacial score (nSPS) is 12.4. The summed E-state index contributed by atoms with van der Waals surface area (Å²) < 4.78 is 0. The third-order valence-electron chi connectivity index (χ3n) is 2.44. The van der Waals surface area contributed by atoms with E-state index in [4.69, 9.17) is 11.6 Å². The highest BCUT2D eigenvalue weighted by atomic mass is 35.5. The SMILES string of the molecule is Cc1ccc(CC(C)Nc2ccnc(Cl)c2)s1. The lowest BCUT2D eigenvalue weighted by molar-refractivity contribution is 0.800. The highest BCUT2D eigenvalue weighted by Gasteiger charge is 2.05. The molecule has 0 aliphatic rings. The molecule has 1 atom stereocenters. The molecule has 2 nitrogen and oxygen atoms in total. The molecule has 0 spiro atoms. The molecule has 0 fully saturated rings. The second-order valence-electron chi connectivity index (χ2n) is 4.13. The van der Waals surface area contributed by atoms with E-state index in [-0.39, 0.29) is 0 Å². The summed E-state index contributed by atoms with van der Waals surface area (Å²) in [5, 5.41) is 3.95. The first kappa shape index (κ1) is 12.4. The molecule has 1 N–H and O–H groups in total. The molecular weight excluding hydrogens is 252 g/mol. The number of aryl methyl sites for hydroxylation is 1. The van der Waals surface area contributed by atoms with Crippen LogP contribution in [0.3, 0.4) is 0 Å². The van der Waals surface area contributed by atoms with Gasteiger partial charge in [-0.2, -0.15) is 0 Å². The van der Waals surface area contributed by atoms with Crippen LogP contribution in [0.25, 0.3) is 0 Å². The monoisotopic (exact) mass is 266 g/mol. The third-order valence-corrected chi connectivity index (χ3v) is 3.67. The van der Waals surface area contributed by atoms with Gasteiger partial charge in [0.2, 0.25) is 0 Å². The van der Waals surface area contributed by atoms with Crippen molar-refractivity contribution in [2.75, 3.05) is 5.32 Å². The van der Waals surface area contributed by atoms with Crippen LogP contribution in [0.2, 0.25) is 5.15 Å². The molecule has 0 amide bonds. The van der Waals surface area contributed by atoms with E-state index in [2.05, 4.69) is 36.3 Å². The number of nitrogens with one attached hydrogen (secondary N) is 1. The van der Waals surface area contributed by atoms with E-state index in [1.165, 1.54) is 9.75 Å². The zero-order valence-electron chi connectivity index (χ0n) is 9.90. The van der Waals surface area contributed by atoms with Crippen LogP contribution in [-0.4, -0.2) is 11.0 Å². The molecule has 2 aromatic rings. The number of pyridine rings is 1. The first-order chi connectivity index (χ1) is 8.13. The molecule has 0 saturated heterocycles. The fourth-order valence-corrected chi connectivity index (χ4v) is 2.92. The van der Waals surface area contributed by atoms with Gasteiger partial charge in [-0.25, -0.2) is 4.98 Å². The maximum atomic E-state index is 5.84. The number of halogens is 1. The Labute approximate surface area is 111 Å². The van der Waals surface area contributed by atoms with Gasteiger partial charge in [0, 0.05) is 34.1 Å². The standard InChI is InChI=1S/C13H15ClN2S/c1-9(7-12-4-3-10(2)17-12)16-11-5-6-15-13(14)8-11/h3-6,8-9H,7H2,1-2H3,(H,15,16). The van der Waals surface area contributed by atoms with Gasteiger partial charge in [-0.15, -0.1) is 11.3 Å². The Kier molecular flexibility index (Phi) is 4.02. The largest absolute Gasteiger partial charge is 0.382 e. The van der Waals surface area contributed by atoms with E-state index < -0.39 is 0 Å². The van der Waals surface area contributed by atoms with Crippen molar-refractivity contribution >= 4 is 28.6 Å². The van der Waals surface area contributed by atoms with E-state index in [1.807, 2.05) is 23.5 Å². The Morgan fingerprint density at radius 1 is 1.41 bits per heavy atom. The molecule has 0 aromatic carbocycles. The molecule has 0 saturated carbocycles. The van der Waals surface area contributed by atoms with Gasteiger partial charge >= 0.3 is 0 Å². The molecule has 2 heterocycles. The van der Waals surface area contributed by atoms with Crippen LogP contribution in [0.1, 0.15) is 16.7 Å². The zero-order chi connectivity index (χ0) is 12.3. The minimum atomic E-state index is 0.381. The van der Waals surface area contributed by atoms with E-state index in [9.17, 15) is 0 Å². The maximum Gasteiger partial charge on any atom is 0.131 e. The molecule has 90 valence electrons. The lowest BCUT2D eigenvalue weighted by Gasteiger charge is -2.14. The Hall–Kier alpha value is -1.06. The van der Waals surface area contributed by atoms with Crippen molar-refractivity contribution in [3.8, 4) is 0 Å². The lowest BCUT2D eigenvalue weighted by Crippen LogP contribution is -2.17. The molecule has 0 bridgehead atoms. The summed E-state index contributed by atoms with van der Waals surface area (Å²) in [6, 6.07) is 8.51. The first-order valence-electron chi connectivity index (χ1n) is 5.57. The number of anilines is 1. The van der Waals surface area contributed by atoms with Gasteiger partial charge in [-0.05, 0) is 38.1 Å². The Morgan fingerprint density at radius 3 is 2.88 bits per heavy atom. The fourth-order valence-electron chi connectivity index (χ4n) is 1.72. The Balaban J connectivity index is 1.95. The number of thiophene rings is 1. The summed E-state index contributed by atoms with van der Waals surface area (Å²) in [5.74, 6) is 0. The number of nitrogens with zero attached hydrogens (tertiary/aromatic N) is 1. The van der Waals surface area contributed by atoms with Crippen molar-refractivity contribution in [3.05, 3.63) is 45.4 Å². The molecule has 1 unspecified atom stereocenters. The van der Waals surface area contributed by atoms with Crippen molar-refractivity contribution < 1.29 is 0 Å². The van der Waals surface area contributed by atoms with Crippen LogP contribution in [0, 0.1) is 6.92 Å². The quantitative estimate of drug-likeness (QED) is 0.841. The number of hydrogen-bond donors (Lipinski definition) is 1. The third kappa shape index (κ3) is 3.72. The zero-order valence-corrected chi connectivity index (χ0v) is 11.5. The van der Waals surface area contributed by atoms with Crippen LogP contribution < -0.4 is 5.32 Å². The van der Waals surface area contributed by atoms with E-state index in [1.54, 1.807) is 6.20 Å². The van der Waals surface area contributed by atoms with Crippen LogP contribution in [0.15, 0.2) is 30.5 Å². The van der Waals surface area contributed by atoms with E-state index >= 15 is 0 Å². The van der Waals surface area contributed by atoms with Gasteiger partial charge in [-0.1, -0.05) is 11.6 Å². The van der Waals surface area contributed by atoms with Crippen LogP contribution in [0.4, 0.5) is 5.69 Å². The molecule has 2 rings (SSSR count).